The number of aromatic nitrogens is 3. The Morgan fingerprint density at radius 1 is 0.975 bits per heavy atom. The summed E-state index contributed by atoms with van der Waals surface area (Å²) < 4.78 is 16.3. The molecule has 2 aromatic carbocycles. The third-order valence-electron chi connectivity index (χ3n) is 6.31. The molecule has 2 aliphatic rings. The van der Waals surface area contributed by atoms with Crippen LogP contribution in [0.15, 0.2) is 47.6 Å². The van der Waals surface area contributed by atoms with Gasteiger partial charge in [-0.05, 0) is 42.8 Å². The number of anilines is 3. The lowest BCUT2D eigenvalue weighted by atomic mass is 10.1. The van der Waals surface area contributed by atoms with Crippen molar-refractivity contribution in [2.24, 2.45) is 5.10 Å². The van der Waals surface area contributed by atoms with Crippen molar-refractivity contribution >= 4 is 35.7 Å². The van der Waals surface area contributed by atoms with E-state index in [1.165, 1.54) is 18.2 Å². The first-order valence-corrected chi connectivity index (χ1v) is 12.7. The topological polar surface area (TPSA) is 157 Å². The number of nitro benzene ring substituents is 1. The number of nitrogens with zero attached hydrogens (tertiary/aromatic N) is 7. The van der Waals surface area contributed by atoms with Crippen molar-refractivity contribution < 1.29 is 23.9 Å². The number of nitrogens with one attached hydrogen (secondary N) is 1. The number of ether oxygens (including phenoxy) is 3. The Balaban J connectivity index is 1.24. The van der Waals surface area contributed by atoms with Gasteiger partial charge in [0.1, 0.15) is 5.75 Å². The van der Waals surface area contributed by atoms with E-state index in [-0.39, 0.29) is 11.3 Å². The van der Waals surface area contributed by atoms with Gasteiger partial charge in [-0.1, -0.05) is 6.07 Å². The van der Waals surface area contributed by atoms with Crippen LogP contribution in [0.25, 0.3) is 0 Å². The van der Waals surface area contributed by atoms with Gasteiger partial charge in [0.25, 0.3) is 5.69 Å². The van der Waals surface area contributed by atoms with Gasteiger partial charge < -0.3 is 24.0 Å². The second-order valence-corrected chi connectivity index (χ2v) is 9.04. The van der Waals surface area contributed by atoms with Gasteiger partial charge in [-0.3, -0.25) is 10.1 Å². The monoisotopic (exact) mass is 548 g/mol. The normalized spacial score (nSPS) is 15.7. The van der Waals surface area contributed by atoms with Gasteiger partial charge in [0.2, 0.25) is 17.8 Å². The largest absolute Gasteiger partial charge is 0.423 e. The lowest BCUT2D eigenvalue weighted by Crippen LogP contribution is -2.40. The minimum absolute atomic E-state index is 0.0948. The molecular weight excluding hydrogens is 520 g/mol. The molecule has 40 heavy (non-hydrogen) atoms. The van der Waals surface area contributed by atoms with Gasteiger partial charge in [0.05, 0.1) is 43.1 Å². The minimum atomic E-state index is -0.687. The number of aryl methyl sites for hydroxylation is 1. The number of nitro groups is 1. The lowest BCUT2D eigenvalue weighted by Gasteiger charge is -2.30. The van der Waals surface area contributed by atoms with Gasteiger partial charge in [-0.25, -0.2) is 10.2 Å². The van der Waals surface area contributed by atoms with E-state index in [0.29, 0.717) is 81.8 Å². The van der Waals surface area contributed by atoms with Crippen LogP contribution in [0.2, 0.25) is 0 Å². The summed E-state index contributed by atoms with van der Waals surface area (Å²) in [5.41, 5.74) is 4.04. The Morgan fingerprint density at radius 2 is 1.57 bits per heavy atom. The summed E-state index contributed by atoms with van der Waals surface area (Å²) in [7, 11) is 0. The summed E-state index contributed by atoms with van der Waals surface area (Å²) >= 11 is 0. The van der Waals surface area contributed by atoms with E-state index in [1.807, 2.05) is 0 Å². The van der Waals surface area contributed by atoms with Crippen LogP contribution in [0.3, 0.4) is 0 Å². The van der Waals surface area contributed by atoms with E-state index in [2.05, 4.69) is 35.3 Å². The molecule has 0 spiro atoms. The average Bonchev–Trinajstić information content (AvgIpc) is 2.99. The van der Waals surface area contributed by atoms with Crippen molar-refractivity contribution in [1.29, 1.82) is 0 Å². The van der Waals surface area contributed by atoms with Gasteiger partial charge in [-0.15, -0.1) is 0 Å². The average molecular weight is 549 g/mol. The Labute approximate surface area is 229 Å². The molecule has 14 nitrogen and oxygen atoms in total. The predicted octanol–water partition coefficient (Wildman–Crippen LogP) is 2.43. The third-order valence-corrected chi connectivity index (χ3v) is 6.31. The smallest absolute Gasteiger partial charge is 0.343 e. The molecule has 0 bridgehead atoms. The van der Waals surface area contributed by atoms with Crippen molar-refractivity contribution in [3.63, 3.8) is 0 Å². The first-order valence-electron chi connectivity index (χ1n) is 12.7. The molecule has 2 fully saturated rings. The molecule has 0 amide bonds. The number of hydrazone groups is 1. The minimum Gasteiger partial charge on any atom is -0.423 e. The van der Waals surface area contributed by atoms with E-state index < -0.39 is 10.9 Å². The number of benzene rings is 2. The molecule has 0 aliphatic carbocycles. The van der Waals surface area contributed by atoms with E-state index >= 15 is 0 Å². The van der Waals surface area contributed by atoms with Gasteiger partial charge >= 0.3 is 5.97 Å². The van der Waals surface area contributed by atoms with E-state index in [9.17, 15) is 14.9 Å². The molecule has 1 aromatic heterocycles. The number of esters is 1. The summed E-state index contributed by atoms with van der Waals surface area (Å²) in [6.45, 7) is 6.78. The summed E-state index contributed by atoms with van der Waals surface area (Å²) in [4.78, 5) is 41.0. The Hall–Kier alpha value is -4.69. The zero-order valence-electron chi connectivity index (χ0n) is 21.9. The van der Waals surface area contributed by atoms with Crippen LogP contribution in [0.4, 0.5) is 23.5 Å². The van der Waals surface area contributed by atoms with E-state index in [4.69, 9.17) is 14.2 Å². The molecule has 0 radical (unpaired) electrons. The maximum absolute atomic E-state index is 12.5. The molecule has 3 aromatic rings. The molecule has 0 unspecified atom stereocenters. The van der Waals surface area contributed by atoms with Gasteiger partial charge in [-0.2, -0.15) is 20.1 Å². The molecule has 0 atom stereocenters. The molecule has 1 N–H and O–H groups in total. The number of hydrogen-bond acceptors (Lipinski definition) is 13. The van der Waals surface area contributed by atoms with Crippen molar-refractivity contribution in [1.82, 2.24) is 15.0 Å². The molecule has 5 rings (SSSR count). The Bertz CT molecular complexity index is 1350. The van der Waals surface area contributed by atoms with Crippen molar-refractivity contribution in [2.45, 2.75) is 6.92 Å². The SMILES string of the molecule is Cc1ccc(C(=O)Oc2ccc(/C=N/Nc3nc(N4CCOCC4)nc(N4CCOCC4)n3)cc2)cc1[N+](=O)[O-]. The molecule has 0 saturated carbocycles. The van der Waals surface area contributed by atoms with Gasteiger partial charge in [0, 0.05) is 37.8 Å². The fourth-order valence-corrected chi connectivity index (χ4v) is 4.10. The van der Waals surface area contributed by atoms with Crippen LogP contribution in [0, 0.1) is 17.0 Å². The van der Waals surface area contributed by atoms with Crippen LogP contribution in [-0.2, 0) is 9.47 Å². The number of rotatable bonds is 8. The Morgan fingerprint density at radius 3 is 2.15 bits per heavy atom. The fraction of sp³-hybridized carbons (Fsp3) is 0.346. The summed E-state index contributed by atoms with van der Waals surface area (Å²) in [5, 5.41) is 15.4. The fourth-order valence-electron chi connectivity index (χ4n) is 4.10. The molecular formula is C26H28N8O6. The quantitative estimate of drug-likeness (QED) is 0.144. The van der Waals surface area contributed by atoms with E-state index in [0.717, 1.165) is 5.56 Å². The number of hydrogen-bond donors (Lipinski definition) is 1. The molecule has 3 heterocycles. The van der Waals surface area contributed by atoms with Crippen LogP contribution in [-0.4, -0.2) is 84.7 Å². The highest BCUT2D eigenvalue weighted by atomic mass is 16.6. The molecule has 14 heteroatoms. The zero-order valence-corrected chi connectivity index (χ0v) is 21.9. The van der Waals surface area contributed by atoms with E-state index in [1.54, 1.807) is 37.4 Å². The highest BCUT2D eigenvalue weighted by molar-refractivity contribution is 5.92. The first-order chi connectivity index (χ1) is 19.5. The number of carbonyl (C=O) groups is 1. The molecule has 2 saturated heterocycles. The predicted molar refractivity (Wildman–Crippen MR) is 146 cm³/mol. The van der Waals surface area contributed by atoms with Crippen molar-refractivity contribution in [2.75, 3.05) is 67.8 Å². The maximum atomic E-state index is 12.5. The highest BCUT2D eigenvalue weighted by Crippen LogP contribution is 2.22. The Kier molecular flexibility index (Phi) is 8.37. The summed E-state index contributed by atoms with van der Waals surface area (Å²) in [6, 6.07) is 10.9. The number of carbonyl (C=O) groups excluding carboxylic acids is 1. The molecule has 2 aliphatic heterocycles. The van der Waals surface area contributed by atoms with Crippen LogP contribution in [0.1, 0.15) is 21.5 Å². The van der Waals surface area contributed by atoms with Gasteiger partial charge in [0.15, 0.2) is 0 Å². The summed E-state index contributed by atoms with van der Waals surface area (Å²) in [5.74, 6) is 1.03. The van der Waals surface area contributed by atoms with Crippen LogP contribution >= 0.6 is 0 Å². The second-order valence-electron chi connectivity index (χ2n) is 9.04. The first kappa shape index (κ1) is 26.9. The van der Waals surface area contributed by atoms with Crippen molar-refractivity contribution in [3.05, 3.63) is 69.3 Å². The second kappa shape index (κ2) is 12.4. The lowest BCUT2D eigenvalue weighted by molar-refractivity contribution is -0.385. The third kappa shape index (κ3) is 6.65. The van der Waals surface area contributed by atoms with Crippen LogP contribution < -0.4 is 20.0 Å². The standard InChI is InChI=1S/C26H28N8O6/c1-18-2-5-20(16-22(18)34(36)37)23(35)40-21-6-3-19(4-7-21)17-27-31-24-28-25(32-8-12-38-13-9-32)30-26(29-24)33-10-14-39-15-11-33/h2-7,16-17H,8-15H2,1H3,(H,28,29,30,31)/b27-17+. The highest BCUT2D eigenvalue weighted by Gasteiger charge is 2.21. The maximum Gasteiger partial charge on any atom is 0.343 e. The molecule has 208 valence electrons. The van der Waals surface area contributed by atoms with Crippen LogP contribution in [0.5, 0.6) is 5.75 Å². The van der Waals surface area contributed by atoms with Crippen molar-refractivity contribution in [3.8, 4) is 5.75 Å². The summed E-state index contributed by atoms with van der Waals surface area (Å²) in [6.07, 6.45) is 1.58. The zero-order chi connectivity index (χ0) is 27.9. The number of morpholine rings is 2.